The largest absolute Gasteiger partial charge is 0.334 e. The third-order valence-corrected chi connectivity index (χ3v) is 5.09. The van der Waals surface area contributed by atoms with Gasteiger partial charge in [-0.25, -0.2) is 0 Å². The third-order valence-electron chi connectivity index (χ3n) is 4.42. The van der Waals surface area contributed by atoms with E-state index in [-0.39, 0.29) is 18.0 Å². The molecule has 1 aromatic carbocycles. The summed E-state index contributed by atoms with van der Waals surface area (Å²) in [6, 6.07) is 7.15. The zero-order chi connectivity index (χ0) is 16.0. The van der Waals surface area contributed by atoms with Crippen LogP contribution in [0.5, 0.6) is 0 Å². The van der Waals surface area contributed by atoms with E-state index in [2.05, 4.69) is 31.1 Å². The molecule has 3 N–H and O–H groups in total. The van der Waals surface area contributed by atoms with Crippen molar-refractivity contribution in [2.45, 2.75) is 31.2 Å². The van der Waals surface area contributed by atoms with Gasteiger partial charge in [-0.3, -0.25) is 4.79 Å². The Labute approximate surface area is 152 Å². The number of aromatic amines is 1. The summed E-state index contributed by atoms with van der Waals surface area (Å²) in [6.07, 6.45) is 3.85. The van der Waals surface area contributed by atoms with E-state index in [1.54, 1.807) is 0 Å². The molecule has 6 nitrogen and oxygen atoms in total. The molecule has 1 saturated carbocycles. The number of hydrogen-bond acceptors (Lipinski definition) is 5. The molecule has 2 aromatic heterocycles. The maximum absolute atomic E-state index is 12.0. The van der Waals surface area contributed by atoms with E-state index in [4.69, 9.17) is 10.3 Å². The lowest BCUT2D eigenvalue weighted by molar-refractivity contribution is 0.373. The van der Waals surface area contributed by atoms with E-state index < -0.39 is 5.54 Å². The molecule has 24 heavy (non-hydrogen) atoms. The highest BCUT2D eigenvalue weighted by Crippen LogP contribution is 2.36. The molecule has 1 aliphatic rings. The zero-order valence-corrected chi connectivity index (χ0v) is 15.1. The minimum absolute atomic E-state index is 0. The number of H-pyrrole nitrogens is 1. The van der Waals surface area contributed by atoms with Crippen molar-refractivity contribution in [3.8, 4) is 11.5 Å². The average molecular weight is 412 g/mol. The molecule has 1 aliphatic carbocycles. The number of benzene rings is 1. The van der Waals surface area contributed by atoms with Crippen LogP contribution in [0.4, 0.5) is 0 Å². The molecule has 0 aliphatic heterocycles. The summed E-state index contributed by atoms with van der Waals surface area (Å²) in [7, 11) is 0. The number of nitrogens with zero attached hydrogens (tertiary/aromatic N) is 2. The SMILES string of the molecule is Cl.NC1(c2noc(-c3cc(=O)[nH]c4c(Br)cccc34)n2)CCCC1. The topological polar surface area (TPSA) is 97.8 Å². The van der Waals surface area contributed by atoms with Crippen LogP contribution in [0.15, 0.2) is 38.1 Å². The zero-order valence-electron chi connectivity index (χ0n) is 12.7. The maximum atomic E-state index is 12.0. The Hall–Kier alpha value is -1.70. The van der Waals surface area contributed by atoms with Crippen LogP contribution < -0.4 is 11.3 Å². The van der Waals surface area contributed by atoms with E-state index in [1.807, 2.05) is 18.2 Å². The Kier molecular flexibility index (Phi) is 4.50. The van der Waals surface area contributed by atoms with Gasteiger partial charge < -0.3 is 15.2 Å². The number of para-hydroxylation sites is 1. The summed E-state index contributed by atoms with van der Waals surface area (Å²) in [4.78, 5) is 19.3. The van der Waals surface area contributed by atoms with Gasteiger partial charge in [0.2, 0.25) is 5.56 Å². The summed E-state index contributed by atoms with van der Waals surface area (Å²) >= 11 is 3.45. The molecule has 8 heteroatoms. The van der Waals surface area contributed by atoms with Gasteiger partial charge in [-0.1, -0.05) is 30.1 Å². The number of fused-ring (bicyclic) bond motifs is 1. The number of hydrogen-bond donors (Lipinski definition) is 2. The Morgan fingerprint density at radius 3 is 2.79 bits per heavy atom. The van der Waals surface area contributed by atoms with Crippen LogP contribution in [-0.4, -0.2) is 15.1 Å². The van der Waals surface area contributed by atoms with E-state index in [1.165, 1.54) is 6.07 Å². The normalized spacial score (nSPS) is 16.2. The summed E-state index contributed by atoms with van der Waals surface area (Å²) in [6.45, 7) is 0. The van der Waals surface area contributed by atoms with Gasteiger partial charge in [0.05, 0.1) is 16.6 Å². The highest BCUT2D eigenvalue weighted by atomic mass is 79.9. The lowest BCUT2D eigenvalue weighted by atomic mass is 9.98. The summed E-state index contributed by atoms with van der Waals surface area (Å²) < 4.78 is 6.23. The standard InChI is InChI=1S/C16H15BrN4O2.ClH/c17-11-5-3-4-9-10(8-12(22)19-13(9)11)14-20-15(21-23-14)16(18)6-1-2-7-16;/h3-5,8H,1-2,6-7,18H2,(H,19,22);1H. The first-order chi connectivity index (χ1) is 11.1. The smallest absolute Gasteiger partial charge is 0.258 e. The molecule has 0 radical (unpaired) electrons. The molecule has 0 spiro atoms. The predicted molar refractivity (Wildman–Crippen MR) is 97.1 cm³/mol. The molecule has 0 bridgehead atoms. The Morgan fingerprint density at radius 1 is 1.29 bits per heavy atom. The number of nitrogens with one attached hydrogen (secondary N) is 1. The van der Waals surface area contributed by atoms with Gasteiger partial charge in [-0.05, 0) is 34.8 Å². The Bertz CT molecular complexity index is 947. The van der Waals surface area contributed by atoms with Crippen molar-refractivity contribution in [3.05, 3.63) is 44.9 Å². The van der Waals surface area contributed by atoms with E-state index in [9.17, 15) is 4.79 Å². The van der Waals surface area contributed by atoms with Crippen LogP contribution in [0.2, 0.25) is 0 Å². The second-order valence-corrected chi connectivity index (χ2v) is 6.85. The van der Waals surface area contributed by atoms with Crippen LogP contribution >= 0.6 is 28.3 Å². The van der Waals surface area contributed by atoms with E-state index >= 15 is 0 Å². The molecule has 0 amide bonds. The first kappa shape index (κ1) is 17.1. The number of pyridine rings is 1. The van der Waals surface area contributed by atoms with Crippen molar-refractivity contribution in [2.75, 3.05) is 0 Å². The van der Waals surface area contributed by atoms with Crippen molar-refractivity contribution < 1.29 is 4.52 Å². The number of nitrogens with two attached hydrogens (primary N) is 1. The fraction of sp³-hybridized carbons (Fsp3) is 0.312. The average Bonchev–Trinajstić information content (AvgIpc) is 3.17. The number of halogens is 2. The second kappa shape index (κ2) is 6.31. The van der Waals surface area contributed by atoms with Crippen molar-refractivity contribution in [1.29, 1.82) is 0 Å². The lowest BCUT2D eigenvalue weighted by Crippen LogP contribution is -2.34. The third kappa shape index (κ3) is 2.76. The van der Waals surface area contributed by atoms with Crippen LogP contribution in [0, 0.1) is 0 Å². The van der Waals surface area contributed by atoms with Crippen molar-refractivity contribution in [2.24, 2.45) is 5.73 Å². The Morgan fingerprint density at radius 2 is 2.04 bits per heavy atom. The van der Waals surface area contributed by atoms with Crippen LogP contribution in [0.3, 0.4) is 0 Å². The van der Waals surface area contributed by atoms with Gasteiger partial charge in [0.1, 0.15) is 0 Å². The maximum Gasteiger partial charge on any atom is 0.258 e. The second-order valence-electron chi connectivity index (χ2n) is 6.00. The van der Waals surface area contributed by atoms with Gasteiger partial charge in [-0.15, -0.1) is 12.4 Å². The fourth-order valence-corrected chi connectivity index (χ4v) is 3.65. The number of rotatable bonds is 2. The first-order valence-corrected chi connectivity index (χ1v) is 8.31. The van der Waals surface area contributed by atoms with Gasteiger partial charge >= 0.3 is 0 Å². The minimum atomic E-state index is -0.515. The molecule has 3 aromatic rings. The fourth-order valence-electron chi connectivity index (χ4n) is 3.19. The van der Waals surface area contributed by atoms with E-state index in [0.717, 1.165) is 35.5 Å². The molecule has 126 valence electrons. The van der Waals surface area contributed by atoms with Gasteiger partial charge in [0.25, 0.3) is 5.89 Å². The minimum Gasteiger partial charge on any atom is -0.334 e. The molecule has 0 unspecified atom stereocenters. The monoisotopic (exact) mass is 410 g/mol. The van der Waals surface area contributed by atoms with Crippen molar-refractivity contribution in [3.63, 3.8) is 0 Å². The van der Waals surface area contributed by atoms with Gasteiger partial charge in [-0.2, -0.15) is 4.98 Å². The lowest BCUT2D eigenvalue weighted by Gasteiger charge is -2.17. The van der Waals surface area contributed by atoms with Crippen LogP contribution in [0.25, 0.3) is 22.4 Å². The molecule has 0 atom stereocenters. The first-order valence-electron chi connectivity index (χ1n) is 7.52. The van der Waals surface area contributed by atoms with Crippen molar-refractivity contribution >= 4 is 39.2 Å². The van der Waals surface area contributed by atoms with Gasteiger partial charge in [0.15, 0.2) is 5.82 Å². The highest BCUT2D eigenvalue weighted by Gasteiger charge is 2.36. The molecular formula is C16H16BrClN4O2. The highest BCUT2D eigenvalue weighted by molar-refractivity contribution is 9.10. The van der Waals surface area contributed by atoms with Gasteiger partial charge in [0, 0.05) is 15.9 Å². The molecule has 4 rings (SSSR count). The predicted octanol–water partition coefficient (Wildman–Crippen LogP) is 3.49. The molecule has 2 heterocycles. The summed E-state index contributed by atoms with van der Waals surface area (Å²) in [5, 5.41) is 4.91. The Balaban J connectivity index is 0.00000169. The quantitative estimate of drug-likeness (QED) is 0.672. The van der Waals surface area contributed by atoms with Crippen LogP contribution in [-0.2, 0) is 5.54 Å². The number of aromatic nitrogens is 3. The summed E-state index contributed by atoms with van der Waals surface area (Å²) in [5.41, 5.74) is 6.97. The molecular weight excluding hydrogens is 396 g/mol. The van der Waals surface area contributed by atoms with Crippen LogP contribution in [0.1, 0.15) is 31.5 Å². The molecule has 1 fully saturated rings. The molecule has 0 saturated heterocycles. The van der Waals surface area contributed by atoms with Crippen molar-refractivity contribution in [1.82, 2.24) is 15.1 Å². The summed E-state index contributed by atoms with van der Waals surface area (Å²) in [5.74, 6) is 0.847. The van der Waals surface area contributed by atoms with E-state index in [0.29, 0.717) is 22.8 Å².